The maximum atomic E-state index is 12.7. The molecule has 0 aliphatic carbocycles. The van der Waals surface area contributed by atoms with Crippen LogP contribution in [-0.2, 0) is 4.74 Å². The number of aromatic hydroxyl groups is 1. The summed E-state index contributed by atoms with van der Waals surface area (Å²) in [6.45, 7) is 0.965. The minimum Gasteiger partial charge on any atom is -0.507 e. The van der Waals surface area contributed by atoms with Crippen LogP contribution in [0.3, 0.4) is 0 Å². The molecule has 2 aromatic rings. The zero-order chi connectivity index (χ0) is 16.4. The van der Waals surface area contributed by atoms with Gasteiger partial charge in [0, 0.05) is 18.1 Å². The topological polar surface area (TPSA) is 58.5 Å². The fraction of sp³-hybridized carbons (Fsp3) is 0.333. The summed E-state index contributed by atoms with van der Waals surface area (Å²) in [5.41, 5.74) is 0.807. The van der Waals surface area contributed by atoms with Gasteiger partial charge in [0.05, 0.1) is 22.9 Å². The van der Waals surface area contributed by atoms with Crippen molar-refractivity contribution in [3.63, 3.8) is 0 Å². The lowest BCUT2D eigenvalue weighted by atomic mass is 10.1. The number of hydrogen-bond donors (Lipinski definition) is 1. The van der Waals surface area contributed by atoms with Gasteiger partial charge in [-0.15, -0.1) is 10.2 Å². The van der Waals surface area contributed by atoms with E-state index in [0.717, 1.165) is 0 Å². The van der Waals surface area contributed by atoms with E-state index in [1.807, 2.05) is 4.90 Å². The quantitative estimate of drug-likeness (QED) is 0.912. The van der Waals surface area contributed by atoms with Crippen LogP contribution in [0.4, 0.5) is 10.2 Å². The van der Waals surface area contributed by atoms with Crippen LogP contribution in [0, 0.1) is 0 Å². The van der Waals surface area contributed by atoms with Gasteiger partial charge in [-0.3, -0.25) is 0 Å². The molecule has 2 heterocycles. The number of hydrogen-bond acceptors (Lipinski definition) is 5. The number of morpholine rings is 1. The number of halogens is 3. The summed E-state index contributed by atoms with van der Waals surface area (Å²) in [5, 5.41) is 18.9. The van der Waals surface area contributed by atoms with E-state index in [-0.39, 0.29) is 5.75 Å². The van der Waals surface area contributed by atoms with Crippen LogP contribution in [0.25, 0.3) is 11.3 Å². The van der Waals surface area contributed by atoms with Crippen molar-refractivity contribution in [2.24, 2.45) is 0 Å². The minimum atomic E-state index is -0.531. The number of rotatable bonds is 3. The number of ether oxygens (including phenoxy) is 1. The van der Waals surface area contributed by atoms with Crippen LogP contribution in [0.1, 0.15) is 0 Å². The summed E-state index contributed by atoms with van der Waals surface area (Å²) in [6, 6.07) is 6.39. The molecule has 1 aromatic heterocycles. The molecule has 1 unspecified atom stereocenters. The predicted molar refractivity (Wildman–Crippen MR) is 87.1 cm³/mol. The number of aromatic nitrogens is 2. The Bertz CT molecular complexity index is 677. The molecular formula is C15H14Cl2FN3O2. The normalized spacial score (nSPS) is 18.2. The Labute approximate surface area is 142 Å². The molecule has 1 aliphatic rings. The Morgan fingerprint density at radius 2 is 2.13 bits per heavy atom. The van der Waals surface area contributed by atoms with E-state index < -0.39 is 12.8 Å². The Kier molecular flexibility index (Phi) is 4.84. The lowest BCUT2D eigenvalue weighted by Gasteiger charge is -2.32. The lowest BCUT2D eigenvalue weighted by Crippen LogP contribution is -2.43. The van der Waals surface area contributed by atoms with Gasteiger partial charge < -0.3 is 14.7 Å². The number of alkyl halides is 1. The number of benzene rings is 1. The highest BCUT2D eigenvalue weighted by atomic mass is 35.5. The van der Waals surface area contributed by atoms with Gasteiger partial charge in [-0.2, -0.15) is 0 Å². The second-order valence-electron chi connectivity index (χ2n) is 5.15. The van der Waals surface area contributed by atoms with Crippen molar-refractivity contribution in [1.29, 1.82) is 0 Å². The number of anilines is 1. The Morgan fingerprint density at radius 1 is 1.30 bits per heavy atom. The maximum absolute atomic E-state index is 12.7. The first-order valence-electron chi connectivity index (χ1n) is 7.03. The second kappa shape index (κ2) is 6.86. The Hall–Kier alpha value is -1.63. The minimum absolute atomic E-state index is 0.0617. The molecule has 0 amide bonds. The number of nitrogens with zero attached hydrogens (tertiary/aromatic N) is 3. The molecule has 1 aromatic carbocycles. The van der Waals surface area contributed by atoms with Crippen LogP contribution >= 0.6 is 23.2 Å². The monoisotopic (exact) mass is 357 g/mol. The van der Waals surface area contributed by atoms with E-state index in [1.54, 1.807) is 12.1 Å². The van der Waals surface area contributed by atoms with Gasteiger partial charge in [-0.25, -0.2) is 4.39 Å². The van der Waals surface area contributed by atoms with Crippen molar-refractivity contribution >= 4 is 29.0 Å². The molecule has 1 atom stereocenters. The third-order valence-electron chi connectivity index (χ3n) is 3.58. The molecule has 1 fully saturated rings. The van der Waals surface area contributed by atoms with Crippen molar-refractivity contribution in [2.45, 2.75) is 6.10 Å². The summed E-state index contributed by atoms with van der Waals surface area (Å²) >= 11 is 11.9. The van der Waals surface area contributed by atoms with Crippen molar-refractivity contribution < 1.29 is 14.2 Å². The van der Waals surface area contributed by atoms with E-state index in [1.165, 1.54) is 12.1 Å². The molecule has 122 valence electrons. The fourth-order valence-corrected chi connectivity index (χ4v) is 3.04. The highest BCUT2D eigenvalue weighted by molar-refractivity contribution is 6.36. The van der Waals surface area contributed by atoms with E-state index in [0.29, 0.717) is 46.8 Å². The molecule has 23 heavy (non-hydrogen) atoms. The van der Waals surface area contributed by atoms with Crippen LogP contribution in [-0.4, -0.2) is 47.8 Å². The molecule has 0 radical (unpaired) electrons. The van der Waals surface area contributed by atoms with E-state index in [9.17, 15) is 9.50 Å². The predicted octanol–water partition coefficient (Wildman–Crippen LogP) is 3.33. The zero-order valence-corrected chi connectivity index (χ0v) is 13.6. The third-order valence-corrected chi connectivity index (χ3v) is 4.09. The molecule has 3 rings (SSSR count). The first-order valence-corrected chi connectivity index (χ1v) is 7.78. The van der Waals surface area contributed by atoms with Gasteiger partial charge in [-0.1, -0.05) is 23.2 Å². The fourth-order valence-electron chi connectivity index (χ4n) is 2.46. The zero-order valence-electron chi connectivity index (χ0n) is 12.0. The molecule has 1 saturated heterocycles. The first kappa shape index (κ1) is 16.2. The SMILES string of the molecule is Oc1cc(Cl)cc(Cl)c1-c1ccc(N2CCOC(CF)C2)nn1. The van der Waals surface area contributed by atoms with E-state index >= 15 is 0 Å². The highest BCUT2D eigenvalue weighted by Gasteiger charge is 2.22. The molecule has 5 nitrogen and oxygen atoms in total. The summed E-state index contributed by atoms with van der Waals surface area (Å²) < 4.78 is 18.0. The van der Waals surface area contributed by atoms with Gasteiger partial charge >= 0.3 is 0 Å². The summed E-state index contributed by atoms with van der Waals surface area (Å²) in [6.07, 6.45) is -0.444. The Balaban J connectivity index is 1.85. The lowest BCUT2D eigenvalue weighted by molar-refractivity contribution is 0.0244. The van der Waals surface area contributed by atoms with Gasteiger partial charge in [0.15, 0.2) is 5.82 Å². The molecule has 1 N–H and O–H groups in total. The van der Waals surface area contributed by atoms with Gasteiger partial charge in [0.25, 0.3) is 0 Å². The van der Waals surface area contributed by atoms with E-state index in [2.05, 4.69) is 10.2 Å². The molecule has 8 heteroatoms. The standard InChI is InChI=1S/C15H14Cl2FN3O2/c16-9-5-11(17)15(13(22)6-9)12-1-2-14(20-19-12)21-3-4-23-10(7-18)8-21/h1-2,5-6,10,22H,3-4,7-8H2. The average molecular weight is 358 g/mol. The summed E-state index contributed by atoms with van der Waals surface area (Å²) in [4.78, 5) is 1.91. The maximum Gasteiger partial charge on any atom is 0.151 e. The Morgan fingerprint density at radius 3 is 2.78 bits per heavy atom. The smallest absolute Gasteiger partial charge is 0.151 e. The van der Waals surface area contributed by atoms with Gasteiger partial charge in [0.2, 0.25) is 0 Å². The summed E-state index contributed by atoms with van der Waals surface area (Å²) in [5.74, 6) is 0.563. The van der Waals surface area contributed by atoms with Crippen molar-refractivity contribution in [3.8, 4) is 17.0 Å². The molecule has 1 aliphatic heterocycles. The van der Waals surface area contributed by atoms with Crippen LogP contribution in [0.5, 0.6) is 5.75 Å². The summed E-state index contributed by atoms with van der Waals surface area (Å²) in [7, 11) is 0. The number of phenolic OH excluding ortho intramolecular Hbond substituents is 1. The van der Waals surface area contributed by atoms with Crippen LogP contribution in [0.2, 0.25) is 10.0 Å². The number of phenols is 1. The van der Waals surface area contributed by atoms with E-state index in [4.69, 9.17) is 27.9 Å². The second-order valence-corrected chi connectivity index (χ2v) is 6.00. The molecule has 0 bridgehead atoms. The molecule has 0 spiro atoms. The van der Waals surface area contributed by atoms with Crippen LogP contribution < -0.4 is 4.90 Å². The van der Waals surface area contributed by atoms with Gasteiger partial charge in [0.1, 0.15) is 18.5 Å². The van der Waals surface area contributed by atoms with Crippen molar-refractivity contribution in [3.05, 3.63) is 34.3 Å². The largest absolute Gasteiger partial charge is 0.507 e. The van der Waals surface area contributed by atoms with Crippen molar-refractivity contribution in [1.82, 2.24) is 10.2 Å². The average Bonchev–Trinajstić information content (AvgIpc) is 2.54. The highest BCUT2D eigenvalue weighted by Crippen LogP contribution is 2.37. The van der Waals surface area contributed by atoms with Crippen LogP contribution in [0.15, 0.2) is 24.3 Å². The molecular weight excluding hydrogens is 344 g/mol. The third kappa shape index (κ3) is 3.49. The molecule has 0 saturated carbocycles. The van der Waals surface area contributed by atoms with Crippen molar-refractivity contribution in [2.75, 3.05) is 31.3 Å². The first-order chi connectivity index (χ1) is 11.1. The van der Waals surface area contributed by atoms with Gasteiger partial charge in [-0.05, 0) is 24.3 Å².